The fourth-order valence-electron chi connectivity index (χ4n) is 1.24. The zero-order valence-corrected chi connectivity index (χ0v) is 20.4. The molecular weight excluding hydrogens is 463 g/mol. The third kappa shape index (κ3) is 23.9. The minimum atomic E-state index is -0.167. The molecule has 0 aromatic heterocycles. The average molecular weight is 499 g/mol. The second-order valence-electron chi connectivity index (χ2n) is 6.16. The van der Waals surface area contributed by atoms with E-state index in [1.165, 1.54) is 22.3 Å². The molecule has 2 nitrogen and oxygen atoms in total. The summed E-state index contributed by atoms with van der Waals surface area (Å²) in [5.74, 6) is 0. The van der Waals surface area contributed by atoms with Crippen LogP contribution in [0.1, 0.15) is 68.2 Å². The Bertz CT molecular complexity index is 382. The average Bonchev–Trinajstić information content (AvgIpc) is 3.01. The van der Waals surface area contributed by atoms with Crippen LogP contribution in [0.5, 0.6) is 0 Å². The van der Waals surface area contributed by atoms with Crippen LogP contribution in [0, 0.1) is 12.2 Å². The Balaban J connectivity index is -0.000000245. The Kier molecular flexibility index (Phi) is 22.4. The van der Waals surface area contributed by atoms with Gasteiger partial charge in [0, 0.05) is 12.2 Å². The molecule has 0 amide bonds. The van der Waals surface area contributed by atoms with Gasteiger partial charge in [-0.05, 0) is 27.7 Å². The molecule has 0 atom stereocenters. The number of rotatable bonds is 0. The quantitative estimate of drug-likeness (QED) is 0.368. The van der Waals surface area contributed by atoms with Crippen molar-refractivity contribution < 1.29 is 34.1 Å². The predicted molar refractivity (Wildman–Crippen MR) is 103 cm³/mol. The van der Waals surface area contributed by atoms with Crippen molar-refractivity contribution in [1.82, 2.24) is 0 Å². The SMILES string of the molecule is CC(C)O.CC(C)O.CC1=C(C)C[C-]=C1.CC1=C(C)C[C-]=C1.[CH2]=[Hf+2]. The van der Waals surface area contributed by atoms with Gasteiger partial charge in [-0.2, -0.15) is 11.1 Å². The Morgan fingerprint density at radius 2 is 1.00 bits per heavy atom. The standard InChI is InChI=1S/2C7H9.2C3H8O.CH2.Hf/c2*1-6-4-3-5-7(6)2;2*1-3(2)4;;/h2*4H,5H2,1-2H3;2*3-4H,1-2H3;1H2;/q2*-1;;;;+2. The van der Waals surface area contributed by atoms with E-state index in [2.05, 4.69) is 56.3 Å². The molecule has 0 spiro atoms. The minimum absolute atomic E-state index is 0.167. The van der Waals surface area contributed by atoms with E-state index in [1.54, 1.807) is 27.7 Å². The van der Waals surface area contributed by atoms with Gasteiger partial charge in [0.2, 0.25) is 0 Å². The van der Waals surface area contributed by atoms with Gasteiger partial charge in [0.25, 0.3) is 0 Å². The maximum absolute atomic E-state index is 8.06. The molecule has 24 heavy (non-hydrogen) atoms. The first-order valence-electron chi connectivity index (χ1n) is 8.25. The summed E-state index contributed by atoms with van der Waals surface area (Å²) in [6.07, 6.45) is 12.1. The van der Waals surface area contributed by atoms with E-state index in [-0.39, 0.29) is 12.2 Å². The summed E-state index contributed by atoms with van der Waals surface area (Å²) in [5.41, 5.74) is 5.69. The summed E-state index contributed by atoms with van der Waals surface area (Å²) < 4.78 is 3.39. The van der Waals surface area contributed by atoms with E-state index in [9.17, 15) is 0 Å². The third-order valence-electron chi connectivity index (χ3n) is 2.72. The van der Waals surface area contributed by atoms with Crippen molar-refractivity contribution in [2.75, 3.05) is 0 Å². The van der Waals surface area contributed by atoms with E-state index in [0.717, 1.165) is 36.7 Å². The van der Waals surface area contributed by atoms with Gasteiger partial charge < -0.3 is 10.2 Å². The first kappa shape index (κ1) is 28.4. The number of aliphatic hydroxyl groups excluding tert-OH is 2. The molecule has 3 heteroatoms. The number of hydrogen-bond acceptors (Lipinski definition) is 2. The van der Waals surface area contributed by atoms with Gasteiger partial charge >= 0.3 is 28.2 Å². The van der Waals surface area contributed by atoms with Gasteiger partial charge in [0.05, 0.1) is 0 Å². The molecule has 0 heterocycles. The zero-order valence-electron chi connectivity index (χ0n) is 16.8. The van der Waals surface area contributed by atoms with E-state index in [4.69, 9.17) is 10.2 Å². The van der Waals surface area contributed by atoms with E-state index < -0.39 is 0 Å². The Morgan fingerprint density at radius 1 is 0.792 bits per heavy atom. The molecule has 0 bridgehead atoms. The number of hydrogen-bond donors (Lipinski definition) is 2. The molecule has 0 saturated carbocycles. The van der Waals surface area contributed by atoms with Gasteiger partial charge in [0.15, 0.2) is 0 Å². The normalized spacial score (nSPS) is 14.4. The molecule has 2 aliphatic carbocycles. The molecule has 136 valence electrons. The van der Waals surface area contributed by atoms with Crippen molar-refractivity contribution in [2.45, 2.75) is 80.4 Å². The van der Waals surface area contributed by atoms with Crippen LogP contribution in [-0.4, -0.2) is 26.7 Å². The second kappa shape index (κ2) is 19.0. The fraction of sp³-hybridized carbons (Fsp3) is 0.571. The fourth-order valence-corrected chi connectivity index (χ4v) is 1.24. The summed E-state index contributed by atoms with van der Waals surface area (Å²) in [6.45, 7) is 15.4. The number of aliphatic hydroxyl groups is 2. The van der Waals surface area contributed by atoms with Crippen LogP contribution in [0.3, 0.4) is 0 Å². The van der Waals surface area contributed by atoms with Crippen molar-refractivity contribution >= 4 is 4.26 Å². The molecule has 0 aliphatic heterocycles. The van der Waals surface area contributed by atoms with Crippen LogP contribution in [-0.2, 0) is 23.9 Å². The monoisotopic (exact) mass is 500 g/mol. The first-order valence-corrected chi connectivity index (χ1v) is 10.8. The summed E-state index contributed by atoms with van der Waals surface area (Å²) >= 11 is 1.06. The van der Waals surface area contributed by atoms with Gasteiger partial charge in [0.1, 0.15) is 0 Å². The molecule has 0 saturated heterocycles. The molecule has 2 rings (SSSR count). The summed E-state index contributed by atoms with van der Waals surface area (Å²) in [6, 6.07) is 0. The Morgan fingerprint density at radius 3 is 1.04 bits per heavy atom. The van der Waals surface area contributed by atoms with Crippen molar-refractivity contribution in [3.63, 3.8) is 0 Å². The summed E-state index contributed by atoms with van der Waals surface area (Å²) in [5, 5.41) is 16.1. The third-order valence-corrected chi connectivity index (χ3v) is 2.72. The molecule has 0 aromatic rings. The molecule has 0 aromatic carbocycles. The van der Waals surface area contributed by atoms with Gasteiger partial charge in [-0.3, -0.25) is 12.2 Å². The second-order valence-corrected chi connectivity index (χ2v) is 6.16. The van der Waals surface area contributed by atoms with Crippen molar-refractivity contribution in [1.29, 1.82) is 0 Å². The Labute approximate surface area is 165 Å². The summed E-state index contributed by atoms with van der Waals surface area (Å²) in [7, 11) is 0. The van der Waals surface area contributed by atoms with Crippen LogP contribution < -0.4 is 0 Å². The predicted octanol–water partition coefficient (Wildman–Crippen LogP) is 4.91. The van der Waals surface area contributed by atoms with Crippen molar-refractivity contribution in [2.24, 2.45) is 0 Å². The van der Waals surface area contributed by atoms with E-state index >= 15 is 0 Å². The molecular formula is C21H36HfO2. The van der Waals surface area contributed by atoms with Crippen molar-refractivity contribution in [3.8, 4) is 0 Å². The molecule has 0 unspecified atom stereocenters. The molecule has 0 fully saturated rings. The van der Waals surface area contributed by atoms with Crippen LogP contribution in [0.15, 0.2) is 34.4 Å². The zero-order chi connectivity index (χ0) is 19.7. The van der Waals surface area contributed by atoms with Gasteiger partial charge in [-0.1, -0.05) is 13.8 Å². The molecule has 2 aliphatic rings. The maximum atomic E-state index is 8.06. The molecule has 2 N–H and O–H groups in total. The topological polar surface area (TPSA) is 40.5 Å². The molecule has 0 radical (unpaired) electrons. The van der Waals surface area contributed by atoms with E-state index in [1.807, 2.05) is 0 Å². The van der Waals surface area contributed by atoms with Crippen LogP contribution in [0.25, 0.3) is 0 Å². The van der Waals surface area contributed by atoms with Crippen LogP contribution >= 0.6 is 0 Å². The van der Waals surface area contributed by atoms with Gasteiger partial charge in [-0.15, -0.1) is 26.7 Å². The van der Waals surface area contributed by atoms with E-state index in [0.29, 0.717) is 0 Å². The summed E-state index contributed by atoms with van der Waals surface area (Å²) in [4.78, 5) is 0. The first-order chi connectivity index (χ1) is 11.1. The van der Waals surface area contributed by atoms with Crippen LogP contribution in [0.4, 0.5) is 0 Å². The van der Waals surface area contributed by atoms with Crippen molar-refractivity contribution in [3.05, 3.63) is 46.6 Å². The number of allylic oxidation sites excluding steroid dienone is 8. The van der Waals surface area contributed by atoms with Crippen LogP contribution in [0.2, 0.25) is 0 Å². The Hall–Kier alpha value is -0.380. The van der Waals surface area contributed by atoms with Gasteiger partial charge in [-0.25, -0.2) is 23.3 Å².